The normalized spacial score (nSPS) is 17.0. The molecule has 9 heteroatoms. The lowest BCUT2D eigenvalue weighted by molar-refractivity contribution is -0.130. The molecule has 0 amide bonds. The van der Waals surface area contributed by atoms with E-state index in [2.05, 4.69) is 30.6 Å². The van der Waals surface area contributed by atoms with Gasteiger partial charge in [-0.1, -0.05) is 41.7 Å². The Morgan fingerprint density at radius 3 is 2.77 bits per heavy atom. The first kappa shape index (κ1) is 21.3. The summed E-state index contributed by atoms with van der Waals surface area (Å²) in [5.74, 6) is 0.877. The summed E-state index contributed by atoms with van der Waals surface area (Å²) in [6.45, 7) is 6.03. The average Bonchev–Trinajstić information content (AvgIpc) is 3.43. The molecular weight excluding hydrogens is 412 g/mol. The SMILES string of the molecule is CCO[C@H](C(=O)Cc1nnc(N[C@@H]2CCN(c3ccc(C)nn3)C2)s1)c1ccccc1. The molecule has 0 radical (unpaired) electrons. The second kappa shape index (κ2) is 9.93. The van der Waals surface area contributed by atoms with E-state index in [1.54, 1.807) is 0 Å². The minimum absolute atomic E-state index is 0.0132. The van der Waals surface area contributed by atoms with Gasteiger partial charge in [0.1, 0.15) is 11.1 Å². The maximum Gasteiger partial charge on any atom is 0.205 e. The van der Waals surface area contributed by atoms with Gasteiger partial charge in [0, 0.05) is 25.7 Å². The molecule has 1 aromatic carbocycles. The van der Waals surface area contributed by atoms with Gasteiger partial charge in [0.05, 0.1) is 12.1 Å². The predicted octanol–water partition coefficient (Wildman–Crippen LogP) is 3.22. The third kappa shape index (κ3) is 5.42. The Balaban J connectivity index is 1.34. The Morgan fingerprint density at radius 1 is 1.19 bits per heavy atom. The van der Waals surface area contributed by atoms with E-state index in [-0.39, 0.29) is 18.2 Å². The van der Waals surface area contributed by atoms with Gasteiger partial charge >= 0.3 is 0 Å². The van der Waals surface area contributed by atoms with Crippen LogP contribution in [0.1, 0.15) is 35.7 Å². The van der Waals surface area contributed by atoms with Crippen molar-refractivity contribution in [2.24, 2.45) is 0 Å². The molecule has 2 aromatic heterocycles. The summed E-state index contributed by atoms with van der Waals surface area (Å²) in [6.07, 6.45) is 0.601. The minimum Gasteiger partial charge on any atom is -0.366 e. The van der Waals surface area contributed by atoms with Crippen molar-refractivity contribution in [2.75, 3.05) is 29.9 Å². The van der Waals surface area contributed by atoms with Gasteiger partial charge in [-0.25, -0.2) is 0 Å². The molecule has 0 aliphatic carbocycles. The number of nitrogens with one attached hydrogen (secondary N) is 1. The molecule has 1 aliphatic rings. The Morgan fingerprint density at radius 2 is 2.03 bits per heavy atom. The summed E-state index contributed by atoms with van der Waals surface area (Å²) in [7, 11) is 0. The largest absolute Gasteiger partial charge is 0.366 e. The van der Waals surface area contributed by atoms with Crippen LogP contribution < -0.4 is 10.2 Å². The van der Waals surface area contributed by atoms with Crippen molar-refractivity contribution in [2.45, 2.75) is 38.8 Å². The van der Waals surface area contributed by atoms with Crippen LogP contribution in [-0.4, -0.2) is 51.9 Å². The molecule has 8 nitrogen and oxygen atoms in total. The van der Waals surface area contributed by atoms with Gasteiger partial charge in [-0.15, -0.1) is 15.3 Å². The number of anilines is 2. The molecule has 0 unspecified atom stereocenters. The van der Waals surface area contributed by atoms with Crippen molar-refractivity contribution in [3.8, 4) is 0 Å². The van der Waals surface area contributed by atoms with Crippen molar-refractivity contribution in [3.05, 3.63) is 58.7 Å². The van der Waals surface area contributed by atoms with E-state index >= 15 is 0 Å². The summed E-state index contributed by atoms with van der Waals surface area (Å²) in [5, 5.41) is 21.7. The summed E-state index contributed by atoms with van der Waals surface area (Å²) in [4.78, 5) is 15.1. The molecule has 1 fully saturated rings. The Kier molecular flexibility index (Phi) is 6.83. The molecule has 0 saturated carbocycles. The van der Waals surface area contributed by atoms with Crippen LogP contribution in [0.3, 0.4) is 0 Å². The quantitative estimate of drug-likeness (QED) is 0.544. The zero-order valence-corrected chi connectivity index (χ0v) is 18.5. The number of aryl methyl sites for hydroxylation is 1. The standard InChI is InChI=1S/C22H26N6O2S/c1-3-30-21(16-7-5-4-6-8-16)18(29)13-20-26-27-22(31-20)23-17-11-12-28(14-17)19-10-9-15(2)24-25-19/h4-10,17,21H,3,11-14H2,1-2H3,(H,23,27)/t17-,21+/m1/s1. The number of aromatic nitrogens is 4. The van der Waals surface area contributed by atoms with Crippen molar-refractivity contribution < 1.29 is 9.53 Å². The zero-order valence-electron chi connectivity index (χ0n) is 17.7. The second-order valence-electron chi connectivity index (χ2n) is 7.50. The fraction of sp³-hybridized carbons (Fsp3) is 0.409. The number of carbonyl (C=O) groups is 1. The van der Waals surface area contributed by atoms with Crippen LogP contribution in [0.15, 0.2) is 42.5 Å². The maximum absolute atomic E-state index is 12.9. The van der Waals surface area contributed by atoms with Gasteiger partial charge in [0.2, 0.25) is 5.13 Å². The van der Waals surface area contributed by atoms with E-state index in [0.717, 1.165) is 41.7 Å². The van der Waals surface area contributed by atoms with E-state index in [0.29, 0.717) is 11.6 Å². The molecule has 0 bridgehead atoms. The molecule has 1 aliphatic heterocycles. The first-order chi connectivity index (χ1) is 15.1. The molecule has 3 aromatic rings. The summed E-state index contributed by atoms with van der Waals surface area (Å²) < 4.78 is 5.71. The van der Waals surface area contributed by atoms with Crippen molar-refractivity contribution in [3.63, 3.8) is 0 Å². The molecule has 1 saturated heterocycles. The molecule has 2 atom stereocenters. The maximum atomic E-state index is 12.9. The van der Waals surface area contributed by atoms with Gasteiger partial charge in [0.25, 0.3) is 0 Å². The lowest BCUT2D eigenvalue weighted by Crippen LogP contribution is -2.26. The van der Waals surface area contributed by atoms with Gasteiger partial charge < -0.3 is 15.0 Å². The lowest BCUT2D eigenvalue weighted by atomic mass is 10.0. The Hall–Kier alpha value is -2.91. The lowest BCUT2D eigenvalue weighted by Gasteiger charge is -2.17. The van der Waals surface area contributed by atoms with Crippen LogP contribution in [0.4, 0.5) is 10.9 Å². The number of ether oxygens (including phenoxy) is 1. The van der Waals surface area contributed by atoms with Gasteiger partial charge in [-0.05, 0) is 38.0 Å². The third-order valence-electron chi connectivity index (χ3n) is 5.14. The van der Waals surface area contributed by atoms with E-state index in [4.69, 9.17) is 4.74 Å². The highest BCUT2D eigenvalue weighted by atomic mass is 32.1. The minimum atomic E-state index is -0.578. The molecule has 162 valence electrons. The van der Waals surface area contributed by atoms with Crippen molar-refractivity contribution in [1.82, 2.24) is 20.4 Å². The highest BCUT2D eigenvalue weighted by Gasteiger charge is 2.26. The smallest absolute Gasteiger partial charge is 0.205 e. The van der Waals surface area contributed by atoms with Crippen LogP contribution in [0.25, 0.3) is 0 Å². The first-order valence-electron chi connectivity index (χ1n) is 10.5. The molecule has 4 rings (SSSR count). The highest BCUT2D eigenvalue weighted by Crippen LogP contribution is 2.25. The van der Waals surface area contributed by atoms with Crippen molar-refractivity contribution in [1.29, 1.82) is 0 Å². The van der Waals surface area contributed by atoms with Crippen LogP contribution in [-0.2, 0) is 16.0 Å². The monoisotopic (exact) mass is 438 g/mol. The number of hydrogen-bond donors (Lipinski definition) is 1. The summed E-state index contributed by atoms with van der Waals surface area (Å²) in [6, 6.07) is 13.8. The Bertz CT molecular complexity index is 995. The summed E-state index contributed by atoms with van der Waals surface area (Å²) in [5.41, 5.74) is 1.77. The predicted molar refractivity (Wildman–Crippen MR) is 120 cm³/mol. The molecule has 31 heavy (non-hydrogen) atoms. The topological polar surface area (TPSA) is 93.1 Å². The number of benzene rings is 1. The third-order valence-corrected chi connectivity index (χ3v) is 6.00. The average molecular weight is 439 g/mol. The molecular formula is C22H26N6O2S. The van der Waals surface area contributed by atoms with E-state index in [1.165, 1.54) is 11.3 Å². The second-order valence-corrected chi connectivity index (χ2v) is 8.56. The number of hydrogen-bond acceptors (Lipinski definition) is 9. The number of nitrogens with zero attached hydrogens (tertiary/aromatic N) is 5. The van der Waals surface area contributed by atoms with Gasteiger partial charge in [-0.3, -0.25) is 4.79 Å². The Labute approximate surface area is 185 Å². The number of Topliss-reactive ketones (excluding diaryl/α,β-unsaturated/α-hetero) is 1. The zero-order chi connectivity index (χ0) is 21.6. The van der Waals surface area contributed by atoms with Crippen LogP contribution in [0.2, 0.25) is 0 Å². The molecule has 3 heterocycles. The van der Waals surface area contributed by atoms with E-state index in [1.807, 2.05) is 56.3 Å². The molecule has 0 spiro atoms. The van der Waals surface area contributed by atoms with Crippen molar-refractivity contribution >= 4 is 28.1 Å². The fourth-order valence-corrected chi connectivity index (χ4v) is 4.44. The van der Waals surface area contributed by atoms with Gasteiger partial charge in [0.15, 0.2) is 11.6 Å². The molecule has 1 N–H and O–H groups in total. The van der Waals surface area contributed by atoms with Crippen LogP contribution >= 0.6 is 11.3 Å². The number of ketones is 1. The fourth-order valence-electron chi connectivity index (χ4n) is 3.62. The summed E-state index contributed by atoms with van der Waals surface area (Å²) >= 11 is 1.42. The first-order valence-corrected chi connectivity index (χ1v) is 11.3. The van der Waals surface area contributed by atoms with Crippen LogP contribution in [0, 0.1) is 6.92 Å². The van der Waals surface area contributed by atoms with E-state index < -0.39 is 6.10 Å². The highest BCUT2D eigenvalue weighted by molar-refractivity contribution is 7.15. The number of carbonyl (C=O) groups excluding carboxylic acids is 1. The number of rotatable bonds is 9. The van der Waals surface area contributed by atoms with Gasteiger partial charge in [-0.2, -0.15) is 5.10 Å². The van der Waals surface area contributed by atoms with Crippen LogP contribution in [0.5, 0.6) is 0 Å². The van der Waals surface area contributed by atoms with E-state index in [9.17, 15) is 4.79 Å².